The molecule has 4 nitrogen and oxygen atoms in total. The summed E-state index contributed by atoms with van der Waals surface area (Å²) < 4.78 is 0. The van der Waals surface area contributed by atoms with Gasteiger partial charge in [0.15, 0.2) is 0 Å². The molecule has 1 aromatic rings. The molecule has 1 aliphatic heterocycles. The summed E-state index contributed by atoms with van der Waals surface area (Å²) in [6.45, 7) is 2.16. The van der Waals surface area contributed by atoms with E-state index in [1.165, 1.54) is 0 Å². The van der Waals surface area contributed by atoms with E-state index in [-0.39, 0.29) is 22.6 Å². The van der Waals surface area contributed by atoms with Crippen molar-refractivity contribution in [1.82, 2.24) is 9.97 Å². The highest BCUT2D eigenvalue weighted by Gasteiger charge is 2.29. The molecule has 6 heteroatoms. The minimum Gasteiger partial charge on any atom is -0.493 e. The van der Waals surface area contributed by atoms with E-state index in [0.717, 1.165) is 37.2 Å². The Morgan fingerprint density at radius 2 is 1.95 bits per heavy atom. The minimum absolute atomic E-state index is 0.0426. The van der Waals surface area contributed by atoms with Crippen LogP contribution in [0.25, 0.3) is 0 Å². The first-order chi connectivity index (χ1) is 9.66. The normalized spacial score (nSPS) is 27.9. The number of thioether (sulfide) groups is 2. The Morgan fingerprint density at radius 1 is 1.25 bits per heavy atom. The fraction of sp³-hybridized carbons (Fsp3) is 0.714. The first-order valence-corrected chi connectivity index (χ1v) is 9.33. The quantitative estimate of drug-likeness (QED) is 0.878. The van der Waals surface area contributed by atoms with Gasteiger partial charge in [-0.05, 0) is 18.8 Å². The largest absolute Gasteiger partial charge is 0.493 e. The first kappa shape index (κ1) is 14.3. The van der Waals surface area contributed by atoms with E-state index < -0.39 is 0 Å². The van der Waals surface area contributed by atoms with Gasteiger partial charge in [-0.2, -0.15) is 16.7 Å². The van der Waals surface area contributed by atoms with Crippen LogP contribution >= 0.6 is 23.5 Å². The van der Waals surface area contributed by atoms with E-state index in [4.69, 9.17) is 0 Å². The number of hydrogen-bond acceptors (Lipinski definition) is 5. The third-order valence-electron chi connectivity index (χ3n) is 4.17. The van der Waals surface area contributed by atoms with E-state index in [2.05, 4.69) is 16.9 Å². The molecule has 0 spiro atoms. The highest BCUT2D eigenvalue weighted by Crippen LogP contribution is 2.42. The van der Waals surface area contributed by atoms with E-state index in [0.29, 0.717) is 16.6 Å². The monoisotopic (exact) mass is 312 g/mol. The third kappa shape index (κ3) is 2.72. The molecule has 0 radical (unpaired) electrons. The molecule has 1 aliphatic carbocycles. The first-order valence-electron chi connectivity index (χ1n) is 7.23. The van der Waals surface area contributed by atoms with E-state index in [1.54, 1.807) is 0 Å². The van der Waals surface area contributed by atoms with E-state index in [9.17, 15) is 9.90 Å². The summed E-state index contributed by atoms with van der Waals surface area (Å²) in [6.07, 6.45) is 4.25. The second-order valence-electron chi connectivity index (χ2n) is 5.54. The maximum absolute atomic E-state index is 12.3. The number of nitrogens with one attached hydrogen (secondary N) is 1. The Bertz CT molecular complexity index is 540. The van der Waals surface area contributed by atoms with Gasteiger partial charge >= 0.3 is 0 Å². The Hall–Kier alpha value is -0.620. The maximum Gasteiger partial charge on any atom is 0.258 e. The van der Waals surface area contributed by atoms with Crippen LogP contribution in [0.3, 0.4) is 0 Å². The van der Waals surface area contributed by atoms with Crippen molar-refractivity contribution in [2.75, 3.05) is 11.5 Å². The van der Waals surface area contributed by atoms with Crippen molar-refractivity contribution in [2.45, 2.75) is 49.0 Å². The third-order valence-corrected chi connectivity index (χ3v) is 7.27. The molecule has 3 rings (SSSR count). The van der Waals surface area contributed by atoms with Crippen molar-refractivity contribution in [3.05, 3.63) is 21.7 Å². The van der Waals surface area contributed by atoms with Gasteiger partial charge in [0.1, 0.15) is 5.82 Å². The molecule has 0 aromatic carbocycles. The smallest absolute Gasteiger partial charge is 0.258 e. The van der Waals surface area contributed by atoms with Gasteiger partial charge in [-0.1, -0.05) is 19.8 Å². The second kappa shape index (κ2) is 6.02. The molecule has 2 fully saturated rings. The second-order valence-corrected chi connectivity index (χ2v) is 8.27. The van der Waals surface area contributed by atoms with Crippen LogP contribution in [0.5, 0.6) is 5.88 Å². The zero-order valence-corrected chi connectivity index (χ0v) is 13.2. The number of hydrogen-bond donors (Lipinski definition) is 2. The summed E-state index contributed by atoms with van der Waals surface area (Å²) in [6, 6.07) is 0. The molecule has 110 valence electrons. The average molecular weight is 312 g/mol. The van der Waals surface area contributed by atoms with Gasteiger partial charge in [-0.15, -0.1) is 11.8 Å². The van der Waals surface area contributed by atoms with Crippen LogP contribution in [-0.2, 0) is 0 Å². The van der Waals surface area contributed by atoms with Crippen molar-refractivity contribution < 1.29 is 5.11 Å². The summed E-state index contributed by atoms with van der Waals surface area (Å²) >= 11 is 3.71. The minimum atomic E-state index is -0.136. The van der Waals surface area contributed by atoms with Crippen LogP contribution in [0.4, 0.5) is 0 Å². The maximum atomic E-state index is 12.3. The van der Waals surface area contributed by atoms with Crippen molar-refractivity contribution in [3.8, 4) is 5.88 Å². The van der Waals surface area contributed by atoms with Crippen molar-refractivity contribution >= 4 is 23.5 Å². The van der Waals surface area contributed by atoms with Gasteiger partial charge < -0.3 is 10.1 Å². The highest BCUT2D eigenvalue weighted by atomic mass is 32.2. The van der Waals surface area contributed by atoms with Gasteiger partial charge in [-0.3, -0.25) is 4.79 Å². The molecule has 0 bridgehead atoms. The lowest BCUT2D eigenvalue weighted by molar-refractivity contribution is 0.431. The number of aromatic hydroxyl groups is 1. The van der Waals surface area contributed by atoms with Crippen LogP contribution in [0.1, 0.15) is 55.2 Å². The predicted octanol–water partition coefficient (Wildman–Crippen LogP) is 3.04. The lowest BCUT2D eigenvalue weighted by Crippen LogP contribution is -2.24. The molecule has 2 aliphatic rings. The summed E-state index contributed by atoms with van der Waals surface area (Å²) in [7, 11) is 0. The van der Waals surface area contributed by atoms with Crippen LogP contribution in [0.15, 0.2) is 4.79 Å². The van der Waals surface area contributed by atoms with Crippen molar-refractivity contribution in [1.29, 1.82) is 0 Å². The standard InChI is InChI=1S/C14H20N2O2S2/c1-8-11(20-7-6-19-8)12-15-13(17)10(14(18)16-12)9-4-2-3-5-9/h8-9,11H,2-7H2,1H3,(H2,15,16,17,18). The van der Waals surface area contributed by atoms with Crippen LogP contribution in [0, 0.1) is 0 Å². The summed E-state index contributed by atoms with van der Waals surface area (Å²) in [5.74, 6) is 2.98. The fourth-order valence-corrected chi connectivity index (χ4v) is 5.85. The molecule has 20 heavy (non-hydrogen) atoms. The van der Waals surface area contributed by atoms with Crippen LogP contribution < -0.4 is 5.56 Å². The molecule has 1 saturated heterocycles. The Labute approximate surface area is 127 Å². The lowest BCUT2D eigenvalue weighted by Gasteiger charge is -2.27. The molecule has 2 atom stereocenters. The van der Waals surface area contributed by atoms with Gasteiger partial charge in [0.05, 0.1) is 10.8 Å². The molecule has 0 amide bonds. The van der Waals surface area contributed by atoms with Gasteiger partial charge in [-0.25, -0.2) is 0 Å². The number of aromatic amines is 1. The molecule has 2 N–H and O–H groups in total. The Kier molecular flexibility index (Phi) is 4.31. The summed E-state index contributed by atoms with van der Waals surface area (Å²) in [4.78, 5) is 19.6. The zero-order chi connectivity index (χ0) is 14.1. The molecular formula is C14H20N2O2S2. The average Bonchev–Trinajstić information content (AvgIpc) is 2.92. The number of nitrogens with zero attached hydrogens (tertiary/aromatic N) is 1. The number of rotatable bonds is 2. The molecule has 1 aromatic heterocycles. The van der Waals surface area contributed by atoms with Crippen LogP contribution in [-0.4, -0.2) is 31.8 Å². The van der Waals surface area contributed by atoms with Gasteiger partial charge in [0, 0.05) is 16.8 Å². The molecule has 2 unspecified atom stereocenters. The lowest BCUT2D eigenvalue weighted by atomic mass is 10.00. The fourth-order valence-electron chi connectivity index (χ4n) is 3.14. The Balaban J connectivity index is 1.92. The molecule has 1 saturated carbocycles. The summed E-state index contributed by atoms with van der Waals surface area (Å²) in [5, 5.41) is 10.8. The highest BCUT2D eigenvalue weighted by molar-refractivity contribution is 8.06. The predicted molar refractivity (Wildman–Crippen MR) is 84.9 cm³/mol. The van der Waals surface area contributed by atoms with Crippen molar-refractivity contribution in [2.24, 2.45) is 0 Å². The van der Waals surface area contributed by atoms with E-state index >= 15 is 0 Å². The van der Waals surface area contributed by atoms with Crippen LogP contribution in [0.2, 0.25) is 0 Å². The summed E-state index contributed by atoms with van der Waals surface area (Å²) in [5.41, 5.74) is 0.370. The number of aromatic nitrogens is 2. The number of H-pyrrole nitrogens is 1. The Morgan fingerprint density at radius 3 is 2.60 bits per heavy atom. The van der Waals surface area contributed by atoms with E-state index in [1.807, 2.05) is 23.5 Å². The van der Waals surface area contributed by atoms with Gasteiger partial charge in [0.2, 0.25) is 5.88 Å². The van der Waals surface area contributed by atoms with Gasteiger partial charge in [0.25, 0.3) is 5.56 Å². The molecule has 2 heterocycles. The zero-order valence-electron chi connectivity index (χ0n) is 11.6. The topological polar surface area (TPSA) is 66.0 Å². The SMILES string of the molecule is CC1SCCSC1c1nc(O)c(C2CCCC2)c(=O)[nH]1. The molecular weight excluding hydrogens is 292 g/mol. The van der Waals surface area contributed by atoms with Crippen molar-refractivity contribution in [3.63, 3.8) is 0 Å².